The molecule has 2 rings (SSSR count). The Morgan fingerprint density at radius 2 is 1.96 bits per heavy atom. The van der Waals surface area contributed by atoms with Crippen molar-refractivity contribution in [3.8, 4) is 0 Å². The third kappa shape index (κ3) is 4.79. The van der Waals surface area contributed by atoms with Crippen LogP contribution in [0.2, 0.25) is 5.02 Å². The fourth-order valence-corrected chi connectivity index (χ4v) is 1.97. The maximum Gasteiger partial charge on any atom is 0.328 e. The first-order valence-electron chi connectivity index (χ1n) is 7.29. The normalized spacial score (nSPS) is 10.5. The average molecular weight is 335 g/mol. The van der Waals surface area contributed by atoms with Gasteiger partial charge in [-0.05, 0) is 45.0 Å². The van der Waals surface area contributed by atoms with Gasteiger partial charge in [0.05, 0.1) is 0 Å². The molecule has 1 heterocycles. The summed E-state index contributed by atoms with van der Waals surface area (Å²) in [5, 5.41) is 6.48. The molecule has 0 atom stereocenters. The van der Waals surface area contributed by atoms with E-state index in [1.54, 1.807) is 24.3 Å². The van der Waals surface area contributed by atoms with Gasteiger partial charge in [-0.1, -0.05) is 11.6 Å². The minimum absolute atomic E-state index is 0.184. The molecule has 8 heteroatoms. The molecule has 0 bridgehead atoms. The number of hydrogen-bond donors (Lipinski definition) is 2. The summed E-state index contributed by atoms with van der Waals surface area (Å²) >= 11 is 5.84. The smallest absolute Gasteiger partial charge is 0.328 e. The van der Waals surface area contributed by atoms with E-state index in [1.807, 2.05) is 20.8 Å². The van der Waals surface area contributed by atoms with Crippen LogP contribution in [-0.2, 0) is 0 Å². The number of halogens is 1. The lowest BCUT2D eigenvalue weighted by atomic mass is 10.3. The molecular formula is C15H19ClN6O. The molecule has 2 N–H and O–H groups in total. The minimum Gasteiger partial charge on any atom is -0.352 e. The minimum atomic E-state index is -0.323. The molecule has 0 saturated carbocycles. The molecule has 0 fully saturated rings. The van der Waals surface area contributed by atoms with Gasteiger partial charge in [0.2, 0.25) is 11.9 Å². The van der Waals surface area contributed by atoms with E-state index in [1.165, 1.54) is 11.2 Å². The maximum absolute atomic E-state index is 12.4. The van der Waals surface area contributed by atoms with Crippen LogP contribution < -0.4 is 15.5 Å². The summed E-state index contributed by atoms with van der Waals surface area (Å²) in [6.07, 6.45) is 1.38. The van der Waals surface area contributed by atoms with Gasteiger partial charge < -0.3 is 10.6 Å². The Kier molecular flexibility index (Phi) is 5.70. The number of anilines is 3. The zero-order valence-electron chi connectivity index (χ0n) is 13.2. The predicted octanol–water partition coefficient (Wildman–Crippen LogP) is 3.40. The lowest BCUT2D eigenvalue weighted by Gasteiger charge is -2.20. The summed E-state index contributed by atoms with van der Waals surface area (Å²) in [5.74, 6) is 0.722. The highest BCUT2D eigenvalue weighted by molar-refractivity contribution is 6.30. The molecule has 7 nitrogen and oxygen atoms in total. The molecular weight excluding hydrogens is 316 g/mol. The first kappa shape index (κ1) is 17.0. The number of nitrogens with zero attached hydrogens (tertiary/aromatic N) is 4. The molecule has 2 amide bonds. The van der Waals surface area contributed by atoms with Crippen LogP contribution in [0, 0.1) is 0 Å². The van der Waals surface area contributed by atoms with Crippen LogP contribution in [0.15, 0.2) is 30.6 Å². The van der Waals surface area contributed by atoms with Crippen molar-refractivity contribution < 1.29 is 4.79 Å². The molecule has 122 valence electrons. The number of rotatable bonds is 5. The average Bonchev–Trinajstić information content (AvgIpc) is 2.50. The Labute approximate surface area is 140 Å². The quantitative estimate of drug-likeness (QED) is 0.875. The van der Waals surface area contributed by atoms with Crippen molar-refractivity contribution in [3.05, 3.63) is 35.6 Å². The first-order valence-corrected chi connectivity index (χ1v) is 7.67. The van der Waals surface area contributed by atoms with Crippen LogP contribution in [0.5, 0.6) is 0 Å². The molecule has 1 aromatic carbocycles. The molecule has 2 aromatic rings. The third-order valence-electron chi connectivity index (χ3n) is 2.88. The molecule has 0 aliphatic carbocycles. The van der Waals surface area contributed by atoms with Gasteiger partial charge in [0.25, 0.3) is 0 Å². The van der Waals surface area contributed by atoms with Crippen LogP contribution in [0.1, 0.15) is 20.8 Å². The maximum atomic E-state index is 12.4. The van der Waals surface area contributed by atoms with Gasteiger partial charge >= 0.3 is 6.03 Å². The van der Waals surface area contributed by atoms with E-state index >= 15 is 0 Å². The largest absolute Gasteiger partial charge is 0.352 e. The lowest BCUT2D eigenvalue weighted by Crippen LogP contribution is -2.36. The Morgan fingerprint density at radius 3 is 2.57 bits per heavy atom. The number of carbonyl (C=O) groups is 1. The molecule has 0 spiro atoms. The van der Waals surface area contributed by atoms with Crippen molar-refractivity contribution in [2.24, 2.45) is 0 Å². The van der Waals surface area contributed by atoms with Crippen LogP contribution >= 0.6 is 11.6 Å². The highest BCUT2D eigenvalue weighted by Gasteiger charge is 2.17. The number of nitrogens with one attached hydrogen (secondary N) is 2. The number of benzene rings is 1. The van der Waals surface area contributed by atoms with E-state index in [-0.39, 0.29) is 18.0 Å². The number of hydrogen-bond acceptors (Lipinski definition) is 5. The van der Waals surface area contributed by atoms with Gasteiger partial charge in [-0.15, -0.1) is 0 Å². The summed E-state index contributed by atoms with van der Waals surface area (Å²) < 4.78 is 0. The fraction of sp³-hybridized carbons (Fsp3) is 0.333. The van der Waals surface area contributed by atoms with Crippen molar-refractivity contribution in [2.75, 3.05) is 22.1 Å². The number of amides is 2. The van der Waals surface area contributed by atoms with Gasteiger partial charge in [0, 0.05) is 23.3 Å². The summed E-state index contributed by atoms with van der Waals surface area (Å²) in [5.41, 5.74) is 0.646. The Morgan fingerprint density at radius 1 is 1.26 bits per heavy atom. The van der Waals surface area contributed by atoms with Crippen LogP contribution in [-0.4, -0.2) is 33.6 Å². The Balaban J connectivity index is 2.14. The zero-order chi connectivity index (χ0) is 16.8. The number of aromatic nitrogens is 3. The molecule has 23 heavy (non-hydrogen) atoms. The van der Waals surface area contributed by atoms with Crippen LogP contribution in [0.4, 0.5) is 22.4 Å². The van der Waals surface area contributed by atoms with Gasteiger partial charge in [0.1, 0.15) is 6.33 Å². The molecule has 0 saturated heterocycles. The summed E-state index contributed by atoms with van der Waals surface area (Å²) in [6.45, 7) is 6.23. The molecule has 0 radical (unpaired) electrons. The van der Waals surface area contributed by atoms with Crippen molar-refractivity contribution in [1.82, 2.24) is 15.0 Å². The second-order valence-electron chi connectivity index (χ2n) is 5.09. The summed E-state index contributed by atoms with van der Waals surface area (Å²) in [6, 6.07) is 6.74. The van der Waals surface area contributed by atoms with Crippen molar-refractivity contribution in [3.63, 3.8) is 0 Å². The highest BCUT2D eigenvalue weighted by Crippen LogP contribution is 2.15. The second kappa shape index (κ2) is 7.73. The van der Waals surface area contributed by atoms with Crippen LogP contribution in [0.25, 0.3) is 0 Å². The van der Waals surface area contributed by atoms with Gasteiger partial charge in [-0.2, -0.15) is 4.98 Å². The summed E-state index contributed by atoms with van der Waals surface area (Å²) in [7, 11) is 0. The zero-order valence-corrected chi connectivity index (χ0v) is 14.0. The van der Waals surface area contributed by atoms with E-state index in [9.17, 15) is 4.79 Å². The third-order valence-corrected chi connectivity index (χ3v) is 3.13. The fourth-order valence-electron chi connectivity index (χ4n) is 1.85. The SMILES string of the molecule is CCN(C(=O)Nc1ccc(Cl)cc1)c1ncnc(NC(C)C)n1. The van der Waals surface area contributed by atoms with Gasteiger partial charge in [-0.25, -0.2) is 14.8 Å². The number of urea groups is 1. The molecule has 0 aliphatic rings. The van der Waals surface area contributed by atoms with E-state index in [2.05, 4.69) is 25.6 Å². The second-order valence-corrected chi connectivity index (χ2v) is 5.53. The highest BCUT2D eigenvalue weighted by atomic mass is 35.5. The van der Waals surface area contributed by atoms with Gasteiger partial charge in [0.15, 0.2) is 0 Å². The van der Waals surface area contributed by atoms with E-state index in [4.69, 9.17) is 11.6 Å². The van der Waals surface area contributed by atoms with E-state index in [0.29, 0.717) is 23.2 Å². The van der Waals surface area contributed by atoms with Crippen molar-refractivity contribution in [1.29, 1.82) is 0 Å². The number of carbonyl (C=O) groups excluding carboxylic acids is 1. The standard InChI is InChI=1S/C15H19ClN6O/c1-4-22(14-18-9-17-13(21-14)19-10(2)3)15(23)20-12-7-5-11(16)6-8-12/h5-10H,4H2,1-3H3,(H,20,23)(H,17,18,19,21). The van der Waals surface area contributed by atoms with E-state index in [0.717, 1.165) is 0 Å². The topological polar surface area (TPSA) is 83.0 Å². The van der Waals surface area contributed by atoms with Crippen molar-refractivity contribution >= 4 is 35.2 Å². The molecule has 0 aliphatic heterocycles. The van der Waals surface area contributed by atoms with Crippen molar-refractivity contribution in [2.45, 2.75) is 26.8 Å². The summed E-state index contributed by atoms with van der Waals surface area (Å²) in [4.78, 5) is 26.2. The molecule has 0 unspecified atom stereocenters. The first-order chi connectivity index (χ1) is 11.0. The predicted molar refractivity (Wildman–Crippen MR) is 92.1 cm³/mol. The van der Waals surface area contributed by atoms with Gasteiger partial charge in [-0.3, -0.25) is 4.90 Å². The Hall–Kier alpha value is -2.41. The Bertz CT molecular complexity index is 661. The lowest BCUT2D eigenvalue weighted by molar-refractivity contribution is 0.257. The monoisotopic (exact) mass is 334 g/mol. The van der Waals surface area contributed by atoms with Crippen LogP contribution in [0.3, 0.4) is 0 Å². The van der Waals surface area contributed by atoms with E-state index < -0.39 is 0 Å². The molecule has 1 aromatic heterocycles.